The average molecular weight is 291 g/mol. The highest BCUT2D eigenvalue weighted by Crippen LogP contribution is 2.30. The summed E-state index contributed by atoms with van der Waals surface area (Å²) < 4.78 is 0. The predicted octanol–water partition coefficient (Wildman–Crippen LogP) is 1.52. The Labute approximate surface area is 124 Å². The number of aromatic nitrogens is 1. The number of carbonyl (C=O) groups is 2. The van der Waals surface area contributed by atoms with E-state index >= 15 is 0 Å². The van der Waals surface area contributed by atoms with Crippen LogP contribution in [0.2, 0.25) is 0 Å². The molecule has 0 saturated carbocycles. The number of urea groups is 1. The fraction of sp³-hybridized carbons (Fsp3) is 0.533. The summed E-state index contributed by atoms with van der Waals surface area (Å²) in [6.45, 7) is 3.27. The van der Waals surface area contributed by atoms with E-state index in [0.717, 1.165) is 12.0 Å². The van der Waals surface area contributed by atoms with Gasteiger partial charge < -0.3 is 15.3 Å². The molecule has 6 heteroatoms. The maximum Gasteiger partial charge on any atom is 0.317 e. The Morgan fingerprint density at radius 1 is 1.43 bits per heavy atom. The maximum atomic E-state index is 12.0. The first-order valence-electron chi connectivity index (χ1n) is 7.16. The normalized spacial score (nSPS) is 17.3. The van der Waals surface area contributed by atoms with Gasteiger partial charge in [0.25, 0.3) is 0 Å². The zero-order chi connectivity index (χ0) is 15.3. The Morgan fingerprint density at radius 2 is 2.14 bits per heavy atom. The second-order valence-electron chi connectivity index (χ2n) is 5.70. The van der Waals surface area contributed by atoms with E-state index in [4.69, 9.17) is 5.11 Å². The number of carbonyl (C=O) groups excluding carboxylic acids is 1. The molecule has 2 heterocycles. The van der Waals surface area contributed by atoms with Gasteiger partial charge in [-0.1, -0.05) is 6.07 Å². The number of carboxylic acid groups (broad SMARTS) is 1. The van der Waals surface area contributed by atoms with Crippen LogP contribution in [0.1, 0.15) is 25.3 Å². The van der Waals surface area contributed by atoms with Crippen LogP contribution in [0.3, 0.4) is 0 Å². The van der Waals surface area contributed by atoms with Crippen LogP contribution in [-0.2, 0) is 11.2 Å². The van der Waals surface area contributed by atoms with Gasteiger partial charge in [-0.25, -0.2) is 4.79 Å². The summed E-state index contributed by atoms with van der Waals surface area (Å²) in [5.74, 6) is -0.779. The van der Waals surface area contributed by atoms with Crippen LogP contribution in [0.15, 0.2) is 24.5 Å². The molecular weight excluding hydrogens is 270 g/mol. The average Bonchev–Trinajstić information content (AvgIpc) is 2.49. The molecule has 2 amide bonds. The van der Waals surface area contributed by atoms with Crippen LogP contribution in [0, 0.1) is 5.41 Å². The molecule has 114 valence electrons. The third-order valence-corrected chi connectivity index (χ3v) is 4.08. The molecule has 0 unspecified atom stereocenters. The smallest absolute Gasteiger partial charge is 0.317 e. The van der Waals surface area contributed by atoms with Crippen molar-refractivity contribution in [1.82, 2.24) is 15.2 Å². The van der Waals surface area contributed by atoms with E-state index in [0.29, 0.717) is 32.5 Å². The Hall–Kier alpha value is -2.11. The molecule has 21 heavy (non-hydrogen) atoms. The summed E-state index contributed by atoms with van der Waals surface area (Å²) in [5.41, 5.74) is 0.377. The van der Waals surface area contributed by atoms with Crippen molar-refractivity contribution < 1.29 is 14.7 Å². The van der Waals surface area contributed by atoms with Gasteiger partial charge in [0.15, 0.2) is 0 Å². The molecule has 1 aromatic heterocycles. The Kier molecular flexibility index (Phi) is 4.77. The number of hydrogen-bond donors (Lipinski definition) is 2. The van der Waals surface area contributed by atoms with Crippen molar-refractivity contribution in [3.63, 3.8) is 0 Å². The number of nitrogens with zero attached hydrogens (tertiary/aromatic N) is 2. The number of amides is 2. The second-order valence-corrected chi connectivity index (χ2v) is 5.70. The van der Waals surface area contributed by atoms with Gasteiger partial charge in [0.1, 0.15) is 0 Å². The molecule has 0 aliphatic carbocycles. The van der Waals surface area contributed by atoms with Gasteiger partial charge in [-0.15, -0.1) is 0 Å². The Balaban J connectivity index is 1.74. The molecule has 0 aromatic carbocycles. The van der Waals surface area contributed by atoms with E-state index in [-0.39, 0.29) is 6.03 Å². The van der Waals surface area contributed by atoms with Crippen molar-refractivity contribution in [3.8, 4) is 0 Å². The van der Waals surface area contributed by atoms with Crippen molar-refractivity contribution in [2.75, 3.05) is 19.6 Å². The standard InChI is InChI=1S/C15H21N3O3/c1-15(13(19)20)5-9-18(10-6-15)14(21)17-8-4-12-3-2-7-16-11-12/h2-3,7,11H,4-6,8-10H2,1H3,(H,17,21)(H,19,20). The number of carboxylic acids is 1. The number of likely N-dealkylation sites (tertiary alicyclic amines) is 1. The van der Waals surface area contributed by atoms with Crippen molar-refractivity contribution >= 4 is 12.0 Å². The Morgan fingerprint density at radius 3 is 2.71 bits per heavy atom. The van der Waals surface area contributed by atoms with Crippen LogP contribution in [0.4, 0.5) is 4.79 Å². The SMILES string of the molecule is CC1(C(=O)O)CCN(C(=O)NCCc2cccnc2)CC1. The lowest BCUT2D eigenvalue weighted by atomic mass is 9.80. The number of rotatable bonds is 4. The number of piperidine rings is 1. The number of nitrogens with one attached hydrogen (secondary N) is 1. The quantitative estimate of drug-likeness (QED) is 0.881. The van der Waals surface area contributed by atoms with E-state index in [2.05, 4.69) is 10.3 Å². The minimum atomic E-state index is -0.779. The predicted molar refractivity (Wildman–Crippen MR) is 77.9 cm³/mol. The molecule has 1 aliphatic heterocycles. The molecule has 1 saturated heterocycles. The number of aliphatic carboxylic acids is 1. The molecule has 0 atom stereocenters. The minimum Gasteiger partial charge on any atom is -0.481 e. The summed E-state index contributed by atoms with van der Waals surface area (Å²) >= 11 is 0. The molecule has 0 radical (unpaired) electrons. The lowest BCUT2D eigenvalue weighted by Crippen LogP contribution is -2.49. The van der Waals surface area contributed by atoms with Gasteiger partial charge in [0, 0.05) is 32.0 Å². The third-order valence-electron chi connectivity index (χ3n) is 4.08. The van der Waals surface area contributed by atoms with E-state index in [1.807, 2.05) is 12.1 Å². The van der Waals surface area contributed by atoms with Gasteiger partial charge in [-0.2, -0.15) is 0 Å². The van der Waals surface area contributed by atoms with E-state index in [1.165, 1.54) is 0 Å². The van der Waals surface area contributed by atoms with Crippen molar-refractivity contribution in [2.45, 2.75) is 26.2 Å². The van der Waals surface area contributed by atoms with Crippen LogP contribution in [-0.4, -0.2) is 46.6 Å². The minimum absolute atomic E-state index is 0.119. The molecule has 0 spiro atoms. The highest BCUT2D eigenvalue weighted by Gasteiger charge is 2.37. The molecular formula is C15H21N3O3. The van der Waals surface area contributed by atoms with Crippen molar-refractivity contribution in [3.05, 3.63) is 30.1 Å². The fourth-order valence-electron chi connectivity index (χ4n) is 2.39. The lowest BCUT2D eigenvalue weighted by Gasteiger charge is -2.36. The topological polar surface area (TPSA) is 82.5 Å². The van der Waals surface area contributed by atoms with Crippen molar-refractivity contribution in [1.29, 1.82) is 0 Å². The first-order valence-corrected chi connectivity index (χ1v) is 7.16. The first-order chi connectivity index (χ1) is 10.0. The zero-order valence-corrected chi connectivity index (χ0v) is 12.2. The van der Waals surface area contributed by atoms with E-state index in [9.17, 15) is 9.59 Å². The van der Waals surface area contributed by atoms with Gasteiger partial charge in [0.2, 0.25) is 0 Å². The fourth-order valence-corrected chi connectivity index (χ4v) is 2.39. The van der Waals surface area contributed by atoms with Crippen LogP contribution in [0.5, 0.6) is 0 Å². The van der Waals surface area contributed by atoms with Crippen LogP contribution in [0.25, 0.3) is 0 Å². The van der Waals surface area contributed by atoms with E-state index < -0.39 is 11.4 Å². The highest BCUT2D eigenvalue weighted by atomic mass is 16.4. The molecule has 0 bridgehead atoms. The summed E-state index contributed by atoms with van der Waals surface area (Å²) in [4.78, 5) is 28.9. The highest BCUT2D eigenvalue weighted by molar-refractivity contribution is 5.76. The third kappa shape index (κ3) is 3.93. The Bertz CT molecular complexity index is 496. The number of pyridine rings is 1. The zero-order valence-electron chi connectivity index (χ0n) is 12.2. The van der Waals surface area contributed by atoms with Crippen molar-refractivity contribution in [2.24, 2.45) is 5.41 Å². The lowest BCUT2D eigenvalue weighted by molar-refractivity contribution is -0.150. The van der Waals surface area contributed by atoms with Crippen LogP contribution >= 0.6 is 0 Å². The van der Waals surface area contributed by atoms with Gasteiger partial charge in [-0.05, 0) is 37.8 Å². The van der Waals surface area contributed by atoms with Crippen LogP contribution < -0.4 is 5.32 Å². The number of hydrogen-bond acceptors (Lipinski definition) is 3. The summed E-state index contributed by atoms with van der Waals surface area (Å²) in [5, 5.41) is 12.0. The molecule has 1 aromatic rings. The van der Waals surface area contributed by atoms with Gasteiger partial charge in [0.05, 0.1) is 5.41 Å². The maximum absolute atomic E-state index is 12.0. The van der Waals surface area contributed by atoms with Gasteiger partial charge in [-0.3, -0.25) is 9.78 Å². The molecule has 1 aliphatic rings. The first kappa shape index (κ1) is 15.3. The second kappa shape index (κ2) is 6.56. The largest absolute Gasteiger partial charge is 0.481 e. The molecule has 2 N–H and O–H groups in total. The van der Waals surface area contributed by atoms with E-state index in [1.54, 1.807) is 24.2 Å². The molecule has 1 fully saturated rings. The summed E-state index contributed by atoms with van der Waals surface area (Å²) in [6, 6.07) is 3.72. The monoisotopic (exact) mass is 291 g/mol. The molecule has 6 nitrogen and oxygen atoms in total. The van der Waals surface area contributed by atoms with Gasteiger partial charge >= 0.3 is 12.0 Å². The summed E-state index contributed by atoms with van der Waals surface area (Å²) in [6.07, 6.45) is 5.23. The summed E-state index contributed by atoms with van der Waals surface area (Å²) in [7, 11) is 0. The molecule has 2 rings (SSSR count).